The SMILES string of the molecule is CCN(CC)CCNC(C(N)=O)c1cc(Br)c(Cl)s1. The first-order valence-corrected chi connectivity index (χ1v) is 8.18. The van der Waals surface area contributed by atoms with Gasteiger partial charge < -0.3 is 16.0 Å². The summed E-state index contributed by atoms with van der Waals surface area (Å²) in [6, 6.07) is 1.36. The number of likely N-dealkylation sites (N-methyl/N-ethyl adjacent to an activating group) is 1. The molecule has 1 unspecified atom stereocenters. The van der Waals surface area contributed by atoms with Gasteiger partial charge in [0.1, 0.15) is 10.4 Å². The Morgan fingerprint density at radius 2 is 2.21 bits per heavy atom. The van der Waals surface area contributed by atoms with E-state index in [1.165, 1.54) is 11.3 Å². The van der Waals surface area contributed by atoms with Gasteiger partial charge in [0.15, 0.2) is 0 Å². The molecule has 0 radical (unpaired) electrons. The highest BCUT2D eigenvalue weighted by Gasteiger charge is 2.20. The Kier molecular flexibility index (Phi) is 7.31. The molecule has 1 heterocycles. The average Bonchev–Trinajstić information content (AvgIpc) is 2.69. The minimum atomic E-state index is -0.482. The van der Waals surface area contributed by atoms with E-state index in [2.05, 4.69) is 40.0 Å². The van der Waals surface area contributed by atoms with E-state index in [0.29, 0.717) is 10.9 Å². The van der Waals surface area contributed by atoms with Gasteiger partial charge in [-0.05, 0) is 35.1 Å². The van der Waals surface area contributed by atoms with Crippen molar-refractivity contribution in [2.24, 2.45) is 5.73 Å². The zero-order valence-corrected chi connectivity index (χ0v) is 14.2. The summed E-state index contributed by atoms with van der Waals surface area (Å²) < 4.78 is 1.43. The Balaban J connectivity index is 2.61. The van der Waals surface area contributed by atoms with Crippen molar-refractivity contribution in [1.82, 2.24) is 10.2 Å². The van der Waals surface area contributed by atoms with Crippen LogP contribution in [0.4, 0.5) is 0 Å². The van der Waals surface area contributed by atoms with Crippen molar-refractivity contribution in [3.05, 3.63) is 19.8 Å². The van der Waals surface area contributed by atoms with Gasteiger partial charge in [0.05, 0.1) is 0 Å². The van der Waals surface area contributed by atoms with Crippen LogP contribution in [-0.4, -0.2) is 37.0 Å². The quantitative estimate of drug-likeness (QED) is 0.741. The highest BCUT2D eigenvalue weighted by Crippen LogP contribution is 2.35. The third-order valence-electron chi connectivity index (χ3n) is 2.90. The van der Waals surface area contributed by atoms with E-state index in [0.717, 1.165) is 29.0 Å². The van der Waals surface area contributed by atoms with Crippen LogP contribution in [0.1, 0.15) is 24.8 Å². The van der Waals surface area contributed by atoms with Crippen LogP contribution in [0, 0.1) is 0 Å². The number of rotatable bonds is 8. The topological polar surface area (TPSA) is 58.4 Å². The Bertz CT molecular complexity index is 404. The van der Waals surface area contributed by atoms with Crippen LogP contribution in [0.5, 0.6) is 0 Å². The molecule has 0 saturated heterocycles. The van der Waals surface area contributed by atoms with Gasteiger partial charge in [-0.1, -0.05) is 25.4 Å². The second kappa shape index (κ2) is 8.21. The molecule has 0 saturated carbocycles. The van der Waals surface area contributed by atoms with Crippen molar-refractivity contribution < 1.29 is 4.79 Å². The zero-order valence-electron chi connectivity index (χ0n) is 11.1. The molecule has 0 aliphatic rings. The van der Waals surface area contributed by atoms with Crippen LogP contribution >= 0.6 is 38.9 Å². The maximum Gasteiger partial charge on any atom is 0.239 e. The van der Waals surface area contributed by atoms with E-state index < -0.39 is 6.04 Å². The van der Waals surface area contributed by atoms with Gasteiger partial charge in [-0.3, -0.25) is 4.79 Å². The molecule has 1 aromatic rings. The lowest BCUT2D eigenvalue weighted by molar-refractivity contribution is -0.120. The number of amides is 1. The molecule has 0 spiro atoms. The zero-order chi connectivity index (χ0) is 14.4. The normalized spacial score (nSPS) is 12.9. The Labute approximate surface area is 131 Å². The van der Waals surface area contributed by atoms with Crippen molar-refractivity contribution in [2.45, 2.75) is 19.9 Å². The van der Waals surface area contributed by atoms with Crippen LogP contribution in [0.2, 0.25) is 4.34 Å². The van der Waals surface area contributed by atoms with Crippen LogP contribution < -0.4 is 11.1 Å². The predicted molar refractivity (Wildman–Crippen MR) is 84.8 cm³/mol. The molecular formula is C12H19BrClN3OS. The van der Waals surface area contributed by atoms with Crippen molar-refractivity contribution >= 4 is 44.8 Å². The maximum atomic E-state index is 11.5. The highest BCUT2D eigenvalue weighted by molar-refractivity contribution is 9.10. The number of hydrogen-bond acceptors (Lipinski definition) is 4. The van der Waals surface area contributed by atoms with Gasteiger partial charge in [0, 0.05) is 22.4 Å². The molecule has 0 aliphatic heterocycles. The molecule has 1 aromatic heterocycles. The first kappa shape index (κ1) is 16.9. The number of primary amides is 1. The molecule has 4 nitrogen and oxygen atoms in total. The standard InChI is InChI=1S/C12H19BrClN3OS/c1-3-17(4-2)6-5-16-10(12(15)18)9-7-8(13)11(14)19-9/h7,10,16H,3-6H2,1-2H3,(H2,15,18). The number of nitrogens with one attached hydrogen (secondary N) is 1. The molecule has 108 valence electrons. The number of halogens is 2. The molecule has 1 atom stereocenters. The lowest BCUT2D eigenvalue weighted by Crippen LogP contribution is -2.38. The minimum absolute atomic E-state index is 0.384. The number of hydrogen-bond donors (Lipinski definition) is 2. The molecule has 1 rings (SSSR count). The van der Waals surface area contributed by atoms with Crippen molar-refractivity contribution in [2.75, 3.05) is 26.2 Å². The summed E-state index contributed by atoms with van der Waals surface area (Å²) in [5.41, 5.74) is 5.44. The average molecular weight is 369 g/mol. The Hall–Kier alpha value is -0.140. The molecule has 1 amide bonds. The molecule has 0 fully saturated rings. The summed E-state index contributed by atoms with van der Waals surface area (Å²) in [5, 5.41) is 3.19. The first-order chi connectivity index (χ1) is 8.99. The van der Waals surface area contributed by atoms with E-state index in [9.17, 15) is 4.79 Å². The minimum Gasteiger partial charge on any atom is -0.368 e. The van der Waals surface area contributed by atoms with Gasteiger partial charge in [-0.25, -0.2) is 0 Å². The van der Waals surface area contributed by atoms with E-state index in [1.807, 2.05) is 6.07 Å². The van der Waals surface area contributed by atoms with Crippen LogP contribution in [-0.2, 0) is 4.79 Å². The molecule has 0 aromatic carbocycles. The summed E-state index contributed by atoms with van der Waals surface area (Å²) in [6.07, 6.45) is 0. The fourth-order valence-electron chi connectivity index (χ4n) is 1.75. The smallest absolute Gasteiger partial charge is 0.239 e. The van der Waals surface area contributed by atoms with Gasteiger partial charge in [0.25, 0.3) is 0 Å². The largest absolute Gasteiger partial charge is 0.368 e. The molecule has 19 heavy (non-hydrogen) atoms. The van der Waals surface area contributed by atoms with Crippen LogP contribution in [0.25, 0.3) is 0 Å². The third kappa shape index (κ3) is 5.04. The van der Waals surface area contributed by atoms with E-state index in [1.54, 1.807) is 0 Å². The number of carbonyl (C=O) groups is 1. The lowest BCUT2D eigenvalue weighted by atomic mass is 10.2. The third-order valence-corrected chi connectivity index (χ3v) is 5.44. The Morgan fingerprint density at radius 3 is 2.63 bits per heavy atom. The molecule has 0 bridgehead atoms. The van der Waals surface area contributed by atoms with E-state index in [-0.39, 0.29) is 5.91 Å². The van der Waals surface area contributed by atoms with E-state index >= 15 is 0 Å². The number of nitrogens with two attached hydrogens (primary N) is 1. The molecular weight excluding hydrogens is 350 g/mol. The fourth-order valence-corrected chi connectivity index (χ4v) is 3.57. The maximum absolute atomic E-state index is 11.5. The molecule has 3 N–H and O–H groups in total. The summed E-state index contributed by atoms with van der Waals surface area (Å²) >= 11 is 10.7. The van der Waals surface area contributed by atoms with Crippen LogP contribution in [0.3, 0.4) is 0 Å². The fraction of sp³-hybridized carbons (Fsp3) is 0.583. The van der Waals surface area contributed by atoms with Crippen molar-refractivity contribution in [1.29, 1.82) is 0 Å². The summed E-state index contributed by atoms with van der Waals surface area (Å²) in [4.78, 5) is 14.6. The van der Waals surface area contributed by atoms with Gasteiger partial charge in [0.2, 0.25) is 5.91 Å². The molecule has 7 heteroatoms. The molecule has 0 aliphatic carbocycles. The number of thiophene rings is 1. The second-order valence-corrected chi connectivity index (χ2v) is 6.63. The van der Waals surface area contributed by atoms with E-state index in [4.69, 9.17) is 17.3 Å². The van der Waals surface area contributed by atoms with Crippen LogP contribution in [0.15, 0.2) is 10.5 Å². The summed E-state index contributed by atoms with van der Waals surface area (Å²) in [7, 11) is 0. The van der Waals surface area contributed by atoms with Gasteiger partial charge in [-0.2, -0.15) is 0 Å². The first-order valence-electron chi connectivity index (χ1n) is 6.19. The highest BCUT2D eigenvalue weighted by atomic mass is 79.9. The number of carbonyl (C=O) groups excluding carboxylic acids is 1. The predicted octanol–water partition coefficient (Wildman–Crippen LogP) is 2.62. The monoisotopic (exact) mass is 367 g/mol. The number of nitrogens with zero attached hydrogens (tertiary/aromatic N) is 1. The van der Waals surface area contributed by atoms with Gasteiger partial charge >= 0.3 is 0 Å². The van der Waals surface area contributed by atoms with Crippen molar-refractivity contribution in [3.63, 3.8) is 0 Å². The summed E-state index contributed by atoms with van der Waals surface area (Å²) in [5.74, 6) is -0.384. The summed E-state index contributed by atoms with van der Waals surface area (Å²) in [6.45, 7) is 7.82. The second-order valence-electron chi connectivity index (χ2n) is 4.09. The van der Waals surface area contributed by atoms with Crippen molar-refractivity contribution in [3.8, 4) is 0 Å². The Morgan fingerprint density at radius 1 is 1.58 bits per heavy atom. The lowest BCUT2D eigenvalue weighted by Gasteiger charge is -2.20. The van der Waals surface area contributed by atoms with Gasteiger partial charge in [-0.15, -0.1) is 11.3 Å².